The molecule has 4 rings (SSSR count). The van der Waals surface area contributed by atoms with E-state index in [2.05, 4.69) is 5.32 Å². The van der Waals surface area contributed by atoms with Crippen molar-refractivity contribution < 1.29 is 23.9 Å². The van der Waals surface area contributed by atoms with Crippen molar-refractivity contribution in [1.29, 1.82) is 0 Å². The van der Waals surface area contributed by atoms with Crippen molar-refractivity contribution in [3.05, 3.63) is 93.0 Å². The molecular formula is C24H16Cl2N2O5. The number of halogens is 2. The van der Waals surface area contributed by atoms with Gasteiger partial charge in [0.05, 0.1) is 44.7 Å². The number of esters is 1. The second-order valence-electron chi connectivity index (χ2n) is 7.02. The first-order valence-electron chi connectivity index (χ1n) is 9.87. The Balaban J connectivity index is 1.62. The number of carbonyl (C=O) groups excluding carboxylic acids is 4. The third kappa shape index (κ3) is 4.20. The van der Waals surface area contributed by atoms with Gasteiger partial charge >= 0.3 is 5.97 Å². The van der Waals surface area contributed by atoms with Crippen molar-refractivity contribution in [2.45, 2.75) is 6.92 Å². The molecule has 0 saturated carbocycles. The van der Waals surface area contributed by atoms with E-state index in [1.807, 2.05) is 0 Å². The molecule has 1 N–H and O–H groups in total. The van der Waals surface area contributed by atoms with E-state index in [1.54, 1.807) is 25.1 Å². The molecule has 0 saturated heterocycles. The molecule has 0 atom stereocenters. The van der Waals surface area contributed by atoms with Crippen LogP contribution in [-0.4, -0.2) is 30.3 Å². The zero-order valence-electron chi connectivity index (χ0n) is 17.2. The summed E-state index contributed by atoms with van der Waals surface area (Å²) < 4.78 is 5.02. The number of amides is 3. The maximum atomic E-state index is 13.0. The van der Waals surface area contributed by atoms with Gasteiger partial charge < -0.3 is 10.1 Å². The summed E-state index contributed by atoms with van der Waals surface area (Å²) in [6.45, 7) is 1.88. The fourth-order valence-electron chi connectivity index (χ4n) is 3.41. The van der Waals surface area contributed by atoms with Gasteiger partial charge in [-0.3, -0.25) is 14.4 Å². The monoisotopic (exact) mass is 482 g/mol. The molecule has 9 heteroatoms. The van der Waals surface area contributed by atoms with Crippen LogP contribution in [0.3, 0.4) is 0 Å². The number of imide groups is 1. The van der Waals surface area contributed by atoms with Gasteiger partial charge in [0.2, 0.25) is 0 Å². The highest BCUT2D eigenvalue weighted by Crippen LogP contribution is 2.33. The zero-order chi connectivity index (χ0) is 23.7. The van der Waals surface area contributed by atoms with E-state index in [9.17, 15) is 19.2 Å². The minimum atomic E-state index is -0.588. The van der Waals surface area contributed by atoms with Gasteiger partial charge in [-0.2, -0.15) is 0 Å². The number of nitrogens with one attached hydrogen (secondary N) is 1. The molecule has 166 valence electrons. The molecule has 0 radical (unpaired) electrons. The largest absolute Gasteiger partial charge is 0.462 e. The number of ether oxygens (including phenoxy) is 1. The van der Waals surface area contributed by atoms with Gasteiger partial charge in [-0.05, 0) is 55.5 Å². The molecule has 1 heterocycles. The van der Waals surface area contributed by atoms with E-state index in [0.717, 1.165) is 4.90 Å². The van der Waals surface area contributed by atoms with Crippen LogP contribution in [0.15, 0.2) is 60.7 Å². The van der Waals surface area contributed by atoms with Crippen LogP contribution in [0.1, 0.15) is 48.4 Å². The fraction of sp³-hybridized carbons (Fsp3) is 0.0833. The van der Waals surface area contributed by atoms with Crippen LogP contribution in [0.5, 0.6) is 0 Å². The van der Waals surface area contributed by atoms with Crippen LogP contribution in [-0.2, 0) is 4.74 Å². The molecule has 0 bridgehead atoms. The number of hydrogen-bond acceptors (Lipinski definition) is 5. The van der Waals surface area contributed by atoms with E-state index < -0.39 is 23.7 Å². The molecule has 1 aliphatic rings. The summed E-state index contributed by atoms with van der Waals surface area (Å²) in [5, 5.41) is 3.15. The number of rotatable bonds is 5. The van der Waals surface area contributed by atoms with E-state index in [-0.39, 0.29) is 45.3 Å². The molecular weight excluding hydrogens is 467 g/mol. The minimum absolute atomic E-state index is 0.0809. The molecule has 0 unspecified atom stereocenters. The average Bonchev–Trinajstić information content (AvgIpc) is 3.05. The van der Waals surface area contributed by atoms with Crippen molar-refractivity contribution in [3.8, 4) is 0 Å². The predicted octanol–water partition coefficient (Wildman–Crippen LogP) is 5.22. The quantitative estimate of drug-likeness (QED) is 0.397. The van der Waals surface area contributed by atoms with Crippen molar-refractivity contribution in [2.75, 3.05) is 16.8 Å². The summed E-state index contributed by atoms with van der Waals surface area (Å²) in [6.07, 6.45) is 0. The fourth-order valence-corrected chi connectivity index (χ4v) is 3.71. The Morgan fingerprint density at radius 1 is 0.909 bits per heavy atom. The SMILES string of the molecule is CCOC(=O)c1ccccc1NC(=O)c1ccc2c(c1)C(=O)N(c1ccc(Cl)c(Cl)c1)C2=O. The Kier molecular flexibility index (Phi) is 6.18. The molecule has 7 nitrogen and oxygen atoms in total. The summed E-state index contributed by atoms with van der Waals surface area (Å²) >= 11 is 12.0. The van der Waals surface area contributed by atoms with E-state index in [4.69, 9.17) is 27.9 Å². The molecule has 3 amide bonds. The Labute approximate surface area is 198 Å². The van der Waals surface area contributed by atoms with Crippen LogP contribution < -0.4 is 10.2 Å². The summed E-state index contributed by atoms with van der Waals surface area (Å²) in [7, 11) is 0. The first kappa shape index (κ1) is 22.5. The Morgan fingerprint density at radius 2 is 1.64 bits per heavy atom. The van der Waals surface area contributed by atoms with Gasteiger partial charge in [0.1, 0.15) is 0 Å². The Hall–Kier alpha value is -3.68. The lowest BCUT2D eigenvalue weighted by atomic mass is 10.0. The van der Waals surface area contributed by atoms with Gasteiger partial charge in [-0.1, -0.05) is 35.3 Å². The minimum Gasteiger partial charge on any atom is -0.462 e. The first-order valence-corrected chi connectivity index (χ1v) is 10.6. The maximum absolute atomic E-state index is 13.0. The molecule has 3 aromatic rings. The molecule has 0 fully saturated rings. The van der Waals surface area contributed by atoms with Crippen molar-refractivity contribution in [1.82, 2.24) is 0 Å². The maximum Gasteiger partial charge on any atom is 0.340 e. The van der Waals surface area contributed by atoms with Crippen LogP contribution in [0.25, 0.3) is 0 Å². The van der Waals surface area contributed by atoms with Crippen LogP contribution in [0.2, 0.25) is 10.0 Å². The number of carbonyl (C=O) groups is 4. The third-order valence-electron chi connectivity index (χ3n) is 4.98. The van der Waals surface area contributed by atoms with Crippen LogP contribution in [0.4, 0.5) is 11.4 Å². The highest BCUT2D eigenvalue weighted by atomic mass is 35.5. The van der Waals surface area contributed by atoms with Gasteiger partial charge in [0, 0.05) is 5.56 Å². The lowest BCUT2D eigenvalue weighted by Crippen LogP contribution is -2.29. The number of hydrogen-bond donors (Lipinski definition) is 1. The smallest absolute Gasteiger partial charge is 0.340 e. The normalized spacial score (nSPS) is 12.5. The van der Waals surface area contributed by atoms with Crippen molar-refractivity contribution in [3.63, 3.8) is 0 Å². The third-order valence-corrected chi connectivity index (χ3v) is 5.72. The van der Waals surface area contributed by atoms with Crippen molar-refractivity contribution >= 4 is 58.3 Å². The summed E-state index contributed by atoms with van der Waals surface area (Å²) in [5.74, 6) is -2.24. The molecule has 0 spiro atoms. The van der Waals surface area contributed by atoms with Crippen molar-refractivity contribution in [2.24, 2.45) is 0 Å². The first-order chi connectivity index (χ1) is 15.8. The number of para-hydroxylation sites is 1. The van der Waals surface area contributed by atoms with Gasteiger partial charge in [0.25, 0.3) is 17.7 Å². The van der Waals surface area contributed by atoms with Gasteiger partial charge in [-0.25, -0.2) is 9.69 Å². The second-order valence-corrected chi connectivity index (χ2v) is 7.84. The molecule has 1 aliphatic heterocycles. The summed E-state index contributed by atoms with van der Waals surface area (Å²) in [5.41, 5.74) is 1.12. The lowest BCUT2D eigenvalue weighted by Gasteiger charge is -2.14. The predicted molar refractivity (Wildman–Crippen MR) is 124 cm³/mol. The number of nitrogens with zero attached hydrogens (tertiary/aromatic N) is 1. The molecule has 0 aliphatic carbocycles. The summed E-state index contributed by atoms with van der Waals surface area (Å²) in [6, 6.07) is 15.0. The van der Waals surface area contributed by atoms with E-state index in [0.29, 0.717) is 5.02 Å². The highest BCUT2D eigenvalue weighted by molar-refractivity contribution is 6.42. The topological polar surface area (TPSA) is 92.8 Å². The van der Waals surface area contributed by atoms with Crippen LogP contribution in [0, 0.1) is 0 Å². The molecule has 0 aromatic heterocycles. The molecule has 33 heavy (non-hydrogen) atoms. The van der Waals surface area contributed by atoms with Gasteiger partial charge in [-0.15, -0.1) is 0 Å². The lowest BCUT2D eigenvalue weighted by molar-refractivity contribution is 0.0527. The highest BCUT2D eigenvalue weighted by Gasteiger charge is 2.37. The van der Waals surface area contributed by atoms with Gasteiger partial charge in [0.15, 0.2) is 0 Å². The Bertz CT molecular complexity index is 1320. The number of benzene rings is 3. The molecule has 3 aromatic carbocycles. The Morgan fingerprint density at radius 3 is 2.36 bits per heavy atom. The number of fused-ring (bicyclic) bond motifs is 1. The number of anilines is 2. The average molecular weight is 483 g/mol. The van der Waals surface area contributed by atoms with Crippen LogP contribution >= 0.6 is 23.2 Å². The van der Waals surface area contributed by atoms with E-state index in [1.165, 1.54) is 42.5 Å². The summed E-state index contributed by atoms with van der Waals surface area (Å²) in [4.78, 5) is 51.8. The zero-order valence-corrected chi connectivity index (χ0v) is 18.7. The van der Waals surface area contributed by atoms with E-state index >= 15 is 0 Å². The second kappa shape index (κ2) is 9.05. The standard InChI is InChI=1S/C24H16Cl2N2O5/c1-2-33-24(32)16-5-3-4-6-20(16)27-21(29)13-7-9-15-17(11-13)23(31)28(22(15)30)14-8-10-18(25)19(26)12-14/h3-12H,2H2,1H3,(H,27,29).